The number of hydrogen-bond donors (Lipinski definition) is 4. The van der Waals surface area contributed by atoms with Gasteiger partial charge in [0.25, 0.3) is 0 Å². The molecule has 0 saturated heterocycles. The van der Waals surface area contributed by atoms with E-state index in [-0.39, 0.29) is 0 Å². The van der Waals surface area contributed by atoms with E-state index in [0.29, 0.717) is 13.2 Å². The Bertz CT molecular complexity index is 1960. The highest BCUT2D eigenvalue weighted by Crippen LogP contribution is 2.34. The van der Waals surface area contributed by atoms with Gasteiger partial charge < -0.3 is 30.7 Å². The Morgan fingerprint density at radius 3 is 0.862 bits per heavy atom. The molecule has 0 aromatic heterocycles. The van der Waals surface area contributed by atoms with Crippen LogP contribution in [0.2, 0.25) is 0 Å². The third-order valence-corrected chi connectivity index (χ3v) is 10.4. The van der Waals surface area contributed by atoms with E-state index in [1.807, 2.05) is 0 Å². The van der Waals surface area contributed by atoms with E-state index in [9.17, 15) is 0 Å². The number of anilines is 8. The molecule has 6 heteroatoms. The third kappa shape index (κ3) is 13.9. The Morgan fingerprint density at radius 2 is 0.552 bits per heavy atom. The molecule has 6 aromatic carbocycles. The first-order valence-electron chi connectivity index (χ1n) is 21.2. The van der Waals surface area contributed by atoms with Crippen molar-refractivity contribution in [2.75, 3.05) is 34.5 Å². The molecule has 0 saturated carbocycles. The standard InChI is InChI=1S/C52H62N4O2/c1-39-15-23-43(24-16-39)53-47-31-33-51(49(37-47)55-45-27-19-41(3)20-28-45)57-35-13-11-9-7-5-6-8-10-12-14-36-58-52-34-32-48(54-44-25-17-40(2)18-26-44)38-50(52)56-46-29-21-42(4)22-30-46/h15-34,37-38,53-56H,5-14,35-36H2,1-4H3. The summed E-state index contributed by atoms with van der Waals surface area (Å²) >= 11 is 0. The normalized spacial score (nSPS) is 10.9. The van der Waals surface area contributed by atoms with Crippen molar-refractivity contribution in [1.82, 2.24) is 0 Å². The number of hydrogen-bond acceptors (Lipinski definition) is 6. The topological polar surface area (TPSA) is 66.6 Å². The van der Waals surface area contributed by atoms with Crippen molar-refractivity contribution in [3.63, 3.8) is 0 Å². The lowest BCUT2D eigenvalue weighted by atomic mass is 10.1. The molecule has 0 aliphatic rings. The van der Waals surface area contributed by atoms with Crippen LogP contribution in [-0.2, 0) is 0 Å². The zero-order chi connectivity index (χ0) is 40.4. The highest BCUT2D eigenvalue weighted by atomic mass is 16.5. The summed E-state index contributed by atoms with van der Waals surface area (Å²) in [7, 11) is 0. The van der Waals surface area contributed by atoms with E-state index >= 15 is 0 Å². The van der Waals surface area contributed by atoms with Crippen LogP contribution in [0.3, 0.4) is 0 Å². The molecule has 6 aromatic rings. The summed E-state index contributed by atoms with van der Waals surface area (Å²) in [4.78, 5) is 0. The lowest BCUT2D eigenvalue weighted by molar-refractivity contribution is 0.304. The van der Waals surface area contributed by atoms with Gasteiger partial charge in [0.1, 0.15) is 11.5 Å². The van der Waals surface area contributed by atoms with Crippen LogP contribution in [0.1, 0.15) is 86.5 Å². The maximum absolute atomic E-state index is 6.33. The fourth-order valence-electron chi connectivity index (χ4n) is 6.84. The number of aryl methyl sites for hydroxylation is 4. The fourth-order valence-corrected chi connectivity index (χ4v) is 6.84. The molecule has 0 fully saturated rings. The molecule has 0 unspecified atom stereocenters. The van der Waals surface area contributed by atoms with Gasteiger partial charge in [-0.15, -0.1) is 0 Å². The lowest BCUT2D eigenvalue weighted by Crippen LogP contribution is -2.02. The van der Waals surface area contributed by atoms with Crippen LogP contribution < -0.4 is 30.7 Å². The predicted octanol–water partition coefficient (Wildman–Crippen LogP) is 15.3. The van der Waals surface area contributed by atoms with Gasteiger partial charge in [0.15, 0.2) is 0 Å². The Kier molecular flexibility index (Phi) is 16.0. The fraction of sp³-hybridized carbons (Fsp3) is 0.308. The lowest BCUT2D eigenvalue weighted by Gasteiger charge is -2.16. The molecule has 0 bridgehead atoms. The SMILES string of the molecule is Cc1ccc(Nc2ccc(OCCCCCCCCCCCCOc3ccc(Nc4ccc(C)cc4)cc3Nc3ccc(C)cc3)c(Nc3ccc(C)cc3)c2)cc1. The molecule has 0 aliphatic heterocycles. The summed E-state index contributed by atoms with van der Waals surface area (Å²) in [6.45, 7) is 9.86. The number of rotatable bonds is 23. The molecule has 0 radical (unpaired) electrons. The van der Waals surface area contributed by atoms with E-state index in [0.717, 1.165) is 69.8 Å². The highest BCUT2D eigenvalue weighted by Gasteiger charge is 2.09. The number of ether oxygens (including phenoxy) is 2. The van der Waals surface area contributed by atoms with Gasteiger partial charge in [0.05, 0.1) is 24.6 Å². The smallest absolute Gasteiger partial charge is 0.142 e. The molecular formula is C52H62N4O2. The molecule has 0 aliphatic carbocycles. The average Bonchev–Trinajstić information content (AvgIpc) is 3.23. The van der Waals surface area contributed by atoms with Gasteiger partial charge in [-0.25, -0.2) is 0 Å². The Morgan fingerprint density at radius 1 is 0.293 bits per heavy atom. The summed E-state index contributed by atoms with van der Waals surface area (Å²) in [5, 5.41) is 14.2. The van der Waals surface area contributed by atoms with Crippen LogP contribution in [0.15, 0.2) is 133 Å². The minimum absolute atomic E-state index is 0.716. The van der Waals surface area contributed by atoms with Crippen molar-refractivity contribution in [2.45, 2.75) is 91.9 Å². The van der Waals surface area contributed by atoms with Crippen molar-refractivity contribution in [2.24, 2.45) is 0 Å². The molecule has 6 nitrogen and oxygen atoms in total. The molecule has 0 heterocycles. The van der Waals surface area contributed by atoms with Gasteiger partial charge >= 0.3 is 0 Å². The van der Waals surface area contributed by atoms with Crippen molar-refractivity contribution < 1.29 is 9.47 Å². The Labute approximate surface area is 347 Å². The van der Waals surface area contributed by atoms with Crippen molar-refractivity contribution in [3.05, 3.63) is 156 Å². The van der Waals surface area contributed by atoms with Crippen molar-refractivity contribution in [3.8, 4) is 11.5 Å². The summed E-state index contributed by atoms with van der Waals surface area (Å²) in [5.74, 6) is 1.76. The maximum atomic E-state index is 6.33. The van der Waals surface area contributed by atoms with Gasteiger partial charge in [0, 0.05) is 34.1 Å². The first-order valence-corrected chi connectivity index (χ1v) is 21.2. The monoisotopic (exact) mass is 774 g/mol. The molecule has 0 amide bonds. The minimum Gasteiger partial charge on any atom is -0.491 e. The number of unbranched alkanes of at least 4 members (excludes halogenated alkanes) is 9. The second-order valence-electron chi connectivity index (χ2n) is 15.6. The quantitative estimate of drug-likeness (QED) is 0.0486. The zero-order valence-corrected chi connectivity index (χ0v) is 35.0. The number of nitrogens with one attached hydrogen (secondary N) is 4. The first-order chi connectivity index (χ1) is 28.4. The van der Waals surface area contributed by atoms with E-state index in [4.69, 9.17) is 9.47 Å². The molecule has 0 atom stereocenters. The maximum Gasteiger partial charge on any atom is 0.142 e. The van der Waals surface area contributed by atoms with Crippen LogP contribution in [0, 0.1) is 27.7 Å². The molecular weight excluding hydrogens is 713 g/mol. The second kappa shape index (κ2) is 22.2. The average molecular weight is 775 g/mol. The largest absolute Gasteiger partial charge is 0.491 e. The van der Waals surface area contributed by atoms with Crippen molar-refractivity contribution in [1.29, 1.82) is 0 Å². The summed E-state index contributed by atoms with van der Waals surface area (Å²) in [6, 6.07) is 46.5. The van der Waals surface area contributed by atoms with Gasteiger partial charge in [-0.3, -0.25) is 0 Å². The third-order valence-electron chi connectivity index (χ3n) is 10.4. The molecule has 58 heavy (non-hydrogen) atoms. The van der Waals surface area contributed by atoms with E-state index in [1.54, 1.807) is 0 Å². The Balaban J connectivity index is 0.859. The number of benzene rings is 6. The van der Waals surface area contributed by atoms with E-state index in [1.165, 1.54) is 73.6 Å². The van der Waals surface area contributed by atoms with Crippen LogP contribution in [-0.4, -0.2) is 13.2 Å². The summed E-state index contributed by atoms with van der Waals surface area (Å²) in [5.41, 5.74) is 13.2. The van der Waals surface area contributed by atoms with E-state index < -0.39 is 0 Å². The van der Waals surface area contributed by atoms with Gasteiger partial charge in [-0.05, 0) is 125 Å². The molecule has 302 valence electrons. The summed E-state index contributed by atoms with van der Waals surface area (Å²) in [6.07, 6.45) is 12.2. The highest BCUT2D eigenvalue weighted by molar-refractivity contribution is 5.75. The zero-order valence-electron chi connectivity index (χ0n) is 35.0. The Hall–Kier alpha value is -5.88. The minimum atomic E-state index is 0.716. The van der Waals surface area contributed by atoms with Crippen LogP contribution in [0.4, 0.5) is 45.5 Å². The van der Waals surface area contributed by atoms with Gasteiger partial charge in [-0.2, -0.15) is 0 Å². The van der Waals surface area contributed by atoms with E-state index in [2.05, 4.69) is 182 Å². The second-order valence-corrected chi connectivity index (χ2v) is 15.6. The van der Waals surface area contributed by atoms with Gasteiger partial charge in [-0.1, -0.05) is 122 Å². The summed E-state index contributed by atoms with van der Waals surface area (Å²) < 4.78 is 12.7. The molecule has 4 N–H and O–H groups in total. The first kappa shape index (κ1) is 41.7. The predicted molar refractivity (Wildman–Crippen MR) is 248 cm³/mol. The van der Waals surface area contributed by atoms with Gasteiger partial charge in [0.2, 0.25) is 0 Å². The molecule has 6 rings (SSSR count). The van der Waals surface area contributed by atoms with Crippen LogP contribution >= 0.6 is 0 Å². The van der Waals surface area contributed by atoms with Crippen molar-refractivity contribution >= 4 is 45.5 Å². The molecule has 0 spiro atoms. The van der Waals surface area contributed by atoms with Crippen LogP contribution in [0.25, 0.3) is 0 Å². The van der Waals surface area contributed by atoms with Crippen LogP contribution in [0.5, 0.6) is 11.5 Å².